The molecule has 1 amide bonds. The van der Waals surface area contributed by atoms with Crippen molar-refractivity contribution in [2.45, 2.75) is 25.6 Å². The van der Waals surface area contributed by atoms with Gasteiger partial charge in [0.25, 0.3) is 0 Å². The fourth-order valence-corrected chi connectivity index (χ4v) is 3.19. The molecular formula is C18H16F3N3O2S. The summed E-state index contributed by atoms with van der Waals surface area (Å²) in [7, 11) is 1.47. The maximum atomic E-state index is 13.1. The molecule has 0 atom stereocenters. The standard InChI is InChI=1S/C18H16F3N3O2S/c1-24(11-12-5-2-3-6-13(12)18(19,20)21)16(25)9-8-15-22-17(23-26-15)14-7-4-10-27-14/h2-7,10H,8-9,11H2,1H3. The molecule has 0 saturated heterocycles. The summed E-state index contributed by atoms with van der Waals surface area (Å²) in [4.78, 5) is 18.6. The summed E-state index contributed by atoms with van der Waals surface area (Å²) in [5, 5.41) is 5.75. The number of aryl methyl sites for hydroxylation is 1. The van der Waals surface area contributed by atoms with E-state index < -0.39 is 11.7 Å². The summed E-state index contributed by atoms with van der Waals surface area (Å²) in [6.45, 7) is -0.126. The van der Waals surface area contributed by atoms with Crippen molar-refractivity contribution in [2.24, 2.45) is 0 Å². The highest BCUT2D eigenvalue weighted by molar-refractivity contribution is 7.13. The Hall–Kier alpha value is -2.68. The van der Waals surface area contributed by atoms with E-state index in [2.05, 4.69) is 10.1 Å². The molecule has 142 valence electrons. The summed E-state index contributed by atoms with van der Waals surface area (Å²) in [6.07, 6.45) is -4.17. The predicted molar refractivity (Wildman–Crippen MR) is 93.9 cm³/mol. The third-order valence-corrected chi connectivity index (χ3v) is 4.78. The van der Waals surface area contributed by atoms with Gasteiger partial charge in [0.1, 0.15) is 0 Å². The van der Waals surface area contributed by atoms with Crippen LogP contribution in [0.15, 0.2) is 46.3 Å². The van der Waals surface area contributed by atoms with Gasteiger partial charge in [-0.15, -0.1) is 11.3 Å². The summed E-state index contributed by atoms with van der Waals surface area (Å²) < 4.78 is 44.3. The summed E-state index contributed by atoms with van der Waals surface area (Å²) in [6, 6.07) is 8.96. The number of amides is 1. The normalized spacial score (nSPS) is 11.6. The Kier molecular flexibility index (Phi) is 5.59. The Morgan fingerprint density at radius 1 is 1.22 bits per heavy atom. The smallest absolute Gasteiger partial charge is 0.341 e. The summed E-state index contributed by atoms with van der Waals surface area (Å²) in [5.74, 6) is 0.471. The van der Waals surface area contributed by atoms with Gasteiger partial charge in [0.05, 0.1) is 10.4 Å². The van der Waals surface area contributed by atoms with Gasteiger partial charge in [0.2, 0.25) is 17.6 Å². The molecule has 27 heavy (non-hydrogen) atoms. The number of benzene rings is 1. The highest BCUT2D eigenvalue weighted by Gasteiger charge is 2.33. The Labute approximate surface area is 157 Å². The van der Waals surface area contributed by atoms with Gasteiger partial charge < -0.3 is 9.42 Å². The molecule has 0 bridgehead atoms. The van der Waals surface area contributed by atoms with Crippen LogP contribution in [-0.2, 0) is 23.9 Å². The molecule has 0 N–H and O–H groups in total. The zero-order valence-corrected chi connectivity index (χ0v) is 15.2. The molecule has 1 aromatic carbocycles. The van der Waals surface area contributed by atoms with Gasteiger partial charge in [-0.05, 0) is 23.1 Å². The maximum Gasteiger partial charge on any atom is 0.416 e. The number of hydrogen-bond donors (Lipinski definition) is 0. The minimum absolute atomic E-state index is 0.0543. The first-order valence-electron chi connectivity index (χ1n) is 8.10. The lowest BCUT2D eigenvalue weighted by molar-refractivity contribution is -0.139. The predicted octanol–water partition coefficient (Wildman–Crippen LogP) is 4.41. The van der Waals surface area contributed by atoms with Crippen LogP contribution in [0, 0.1) is 0 Å². The van der Waals surface area contributed by atoms with E-state index in [9.17, 15) is 18.0 Å². The van der Waals surface area contributed by atoms with Gasteiger partial charge >= 0.3 is 6.18 Å². The third kappa shape index (κ3) is 4.73. The van der Waals surface area contributed by atoms with Crippen LogP contribution in [0.2, 0.25) is 0 Å². The molecule has 0 aliphatic rings. The average molecular weight is 395 g/mol. The molecule has 3 rings (SSSR count). The van der Waals surface area contributed by atoms with E-state index in [0.717, 1.165) is 10.9 Å². The molecule has 2 heterocycles. The van der Waals surface area contributed by atoms with Gasteiger partial charge in [0, 0.05) is 26.4 Å². The Balaban J connectivity index is 1.59. The van der Waals surface area contributed by atoms with Gasteiger partial charge in [-0.25, -0.2) is 0 Å². The van der Waals surface area contributed by atoms with Crippen molar-refractivity contribution in [3.05, 3.63) is 58.8 Å². The second-order valence-electron chi connectivity index (χ2n) is 5.89. The summed E-state index contributed by atoms with van der Waals surface area (Å²) >= 11 is 1.47. The Morgan fingerprint density at radius 2 is 2.00 bits per heavy atom. The molecule has 0 saturated carbocycles. The molecule has 0 unspecified atom stereocenters. The first-order chi connectivity index (χ1) is 12.8. The number of rotatable bonds is 6. The van der Waals surface area contributed by atoms with Crippen molar-refractivity contribution < 1.29 is 22.5 Å². The molecule has 2 aromatic heterocycles. The molecule has 9 heteroatoms. The highest BCUT2D eigenvalue weighted by atomic mass is 32.1. The van der Waals surface area contributed by atoms with Crippen molar-refractivity contribution in [3.63, 3.8) is 0 Å². The number of carbonyl (C=O) groups excluding carboxylic acids is 1. The molecule has 0 radical (unpaired) electrons. The van der Waals surface area contributed by atoms with Crippen molar-refractivity contribution >= 4 is 17.2 Å². The van der Waals surface area contributed by atoms with E-state index in [1.807, 2.05) is 17.5 Å². The van der Waals surface area contributed by atoms with Crippen molar-refractivity contribution in [2.75, 3.05) is 7.05 Å². The van der Waals surface area contributed by atoms with Crippen LogP contribution < -0.4 is 0 Å². The molecular weight excluding hydrogens is 379 g/mol. The van der Waals surface area contributed by atoms with Crippen LogP contribution in [0.1, 0.15) is 23.4 Å². The number of thiophene rings is 1. The minimum atomic E-state index is -4.46. The third-order valence-electron chi connectivity index (χ3n) is 3.92. The Morgan fingerprint density at radius 3 is 2.70 bits per heavy atom. The fraction of sp³-hybridized carbons (Fsp3) is 0.278. The Bertz CT molecular complexity index is 907. The number of hydrogen-bond acceptors (Lipinski definition) is 5. The number of halogens is 3. The lowest BCUT2D eigenvalue weighted by atomic mass is 10.1. The average Bonchev–Trinajstić information content (AvgIpc) is 3.30. The molecule has 5 nitrogen and oxygen atoms in total. The molecule has 0 aliphatic heterocycles. The molecule has 0 spiro atoms. The fourth-order valence-electron chi connectivity index (χ4n) is 2.55. The maximum absolute atomic E-state index is 13.1. The quantitative estimate of drug-likeness (QED) is 0.620. The monoisotopic (exact) mass is 395 g/mol. The first-order valence-corrected chi connectivity index (χ1v) is 8.98. The van der Waals surface area contributed by atoms with E-state index in [0.29, 0.717) is 11.7 Å². The lowest BCUT2D eigenvalue weighted by Crippen LogP contribution is -2.27. The second kappa shape index (κ2) is 7.91. The topological polar surface area (TPSA) is 59.2 Å². The van der Waals surface area contributed by atoms with Gasteiger partial charge in [-0.1, -0.05) is 29.4 Å². The van der Waals surface area contributed by atoms with Crippen LogP contribution >= 0.6 is 11.3 Å². The number of alkyl halides is 3. The highest BCUT2D eigenvalue weighted by Crippen LogP contribution is 2.32. The molecule has 0 aliphatic carbocycles. The first kappa shape index (κ1) is 19.1. The van der Waals surface area contributed by atoms with Crippen LogP contribution in [0.4, 0.5) is 13.2 Å². The number of nitrogens with zero attached hydrogens (tertiary/aromatic N) is 3. The molecule has 3 aromatic rings. The van der Waals surface area contributed by atoms with Gasteiger partial charge in [-0.2, -0.15) is 18.2 Å². The van der Waals surface area contributed by atoms with E-state index in [-0.39, 0.29) is 30.9 Å². The summed E-state index contributed by atoms with van der Waals surface area (Å²) in [5.41, 5.74) is -0.680. The van der Waals surface area contributed by atoms with E-state index in [4.69, 9.17) is 4.52 Å². The number of carbonyl (C=O) groups is 1. The SMILES string of the molecule is CN(Cc1ccccc1C(F)(F)F)C(=O)CCc1nc(-c2cccs2)no1. The van der Waals surface area contributed by atoms with Crippen LogP contribution in [0.3, 0.4) is 0 Å². The van der Waals surface area contributed by atoms with Crippen molar-refractivity contribution in [1.29, 1.82) is 0 Å². The van der Waals surface area contributed by atoms with E-state index in [1.54, 1.807) is 0 Å². The lowest BCUT2D eigenvalue weighted by Gasteiger charge is -2.20. The number of aromatic nitrogens is 2. The van der Waals surface area contributed by atoms with Crippen molar-refractivity contribution in [3.8, 4) is 10.7 Å². The van der Waals surface area contributed by atoms with Gasteiger partial charge in [-0.3, -0.25) is 4.79 Å². The van der Waals surface area contributed by atoms with E-state index >= 15 is 0 Å². The molecule has 0 fully saturated rings. The van der Waals surface area contributed by atoms with Gasteiger partial charge in [0.15, 0.2) is 0 Å². The van der Waals surface area contributed by atoms with Crippen LogP contribution in [0.25, 0.3) is 10.7 Å². The zero-order valence-electron chi connectivity index (χ0n) is 14.4. The minimum Gasteiger partial charge on any atom is -0.341 e. The van der Waals surface area contributed by atoms with Crippen LogP contribution in [0.5, 0.6) is 0 Å². The largest absolute Gasteiger partial charge is 0.416 e. The van der Waals surface area contributed by atoms with Crippen molar-refractivity contribution in [1.82, 2.24) is 15.0 Å². The zero-order chi connectivity index (χ0) is 19.4. The second-order valence-corrected chi connectivity index (χ2v) is 6.84. The van der Waals surface area contributed by atoms with E-state index in [1.165, 1.54) is 41.5 Å². The van der Waals surface area contributed by atoms with Crippen LogP contribution in [-0.4, -0.2) is 28.0 Å².